The van der Waals surface area contributed by atoms with Crippen LogP contribution in [0.1, 0.15) is 84.0 Å². The first-order valence-corrected chi connectivity index (χ1v) is 10.7. The lowest BCUT2D eigenvalue weighted by Gasteiger charge is -2.62. The maximum Gasteiger partial charge on any atom is 0.133 e. The first-order chi connectivity index (χ1) is 11.5. The molecule has 5 saturated carbocycles. The van der Waals surface area contributed by atoms with Gasteiger partial charge in [-0.05, 0) is 105 Å². The number of carbonyl (C=O) groups is 1. The van der Waals surface area contributed by atoms with Gasteiger partial charge in [0.1, 0.15) is 5.78 Å². The number of hydrogen-bond donors (Lipinski definition) is 1. The molecule has 134 valence electrons. The van der Waals surface area contributed by atoms with E-state index in [0.29, 0.717) is 16.6 Å². The van der Waals surface area contributed by atoms with E-state index in [0.717, 1.165) is 55.3 Å². The summed E-state index contributed by atoms with van der Waals surface area (Å²) < 4.78 is 0. The third-order valence-electron chi connectivity index (χ3n) is 9.83. The Morgan fingerprint density at radius 2 is 1.75 bits per heavy atom. The molecule has 0 heterocycles. The van der Waals surface area contributed by atoms with Crippen molar-refractivity contribution in [2.75, 3.05) is 0 Å². The molecule has 2 heteroatoms. The van der Waals surface area contributed by atoms with Crippen molar-refractivity contribution in [3.63, 3.8) is 0 Å². The molecule has 5 fully saturated rings. The summed E-state index contributed by atoms with van der Waals surface area (Å²) in [6, 6.07) is 0. The lowest BCUT2D eigenvalue weighted by atomic mass is 9.43. The van der Waals surface area contributed by atoms with Crippen molar-refractivity contribution in [2.45, 2.75) is 90.1 Å². The zero-order valence-corrected chi connectivity index (χ0v) is 15.3. The van der Waals surface area contributed by atoms with E-state index in [1.807, 2.05) is 0 Å². The Hall–Kier alpha value is -0.370. The van der Waals surface area contributed by atoms with Crippen LogP contribution >= 0.6 is 0 Å². The van der Waals surface area contributed by atoms with Crippen molar-refractivity contribution in [1.29, 1.82) is 0 Å². The number of fused-ring (bicyclic) bond motifs is 4. The lowest BCUT2D eigenvalue weighted by molar-refractivity contribution is -0.147. The number of ketones is 1. The molecule has 1 N–H and O–H groups in total. The normalized spacial score (nSPS) is 56.8. The number of Topliss-reactive ketones (excluding diaryl/α,β-unsaturated/α-hetero) is 1. The highest BCUT2D eigenvalue weighted by atomic mass is 16.3. The van der Waals surface area contributed by atoms with Crippen molar-refractivity contribution in [2.24, 2.45) is 40.4 Å². The Labute approximate surface area is 146 Å². The molecule has 0 radical (unpaired) electrons. The summed E-state index contributed by atoms with van der Waals surface area (Å²) in [4.78, 5) is 12.3. The third-order valence-corrected chi connectivity index (χ3v) is 9.83. The van der Waals surface area contributed by atoms with Crippen LogP contribution in [0, 0.1) is 40.4 Å². The van der Waals surface area contributed by atoms with Gasteiger partial charge in [-0.2, -0.15) is 0 Å². The van der Waals surface area contributed by atoms with Crippen LogP contribution in [-0.2, 0) is 4.79 Å². The van der Waals surface area contributed by atoms with E-state index in [-0.39, 0.29) is 6.10 Å². The number of hydrogen-bond acceptors (Lipinski definition) is 2. The molecule has 5 aliphatic rings. The standard InChI is InChI=1S/C22H34O2/c1-21-10-8-16(23)12-15(21)3-6-18-19(21)9-11-22-13-17(24)5-2-14(22)4-7-20(18)22/h14-16,18-20,23H,2-13H2,1H3/t14?,15?,16-,18?,19?,20?,21?,22?/m1/s1. The predicted molar refractivity (Wildman–Crippen MR) is 94.4 cm³/mol. The van der Waals surface area contributed by atoms with Crippen LogP contribution < -0.4 is 0 Å². The highest BCUT2D eigenvalue weighted by Gasteiger charge is 2.62. The van der Waals surface area contributed by atoms with Crippen molar-refractivity contribution in [1.82, 2.24) is 0 Å². The molecule has 2 nitrogen and oxygen atoms in total. The van der Waals surface area contributed by atoms with Crippen LogP contribution in [0.4, 0.5) is 0 Å². The average molecular weight is 331 g/mol. The van der Waals surface area contributed by atoms with Crippen molar-refractivity contribution in [3.05, 3.63) is 0 Å². The average Bonchev–Trinajstić information content (AvgIpc) is 2.94. The molecule has 1 spiro atoms. The van der Waals surface area contributed by atoms with Crippen LogP contribution in [0.25, 0.3) is 0 Å². The second-order valence-electron chi connectivity index (χ2n) is 10.4. The van der Waals surface area contributed by atoms with Crippen molar-refractivity contribution >= 4 is 5.78 Å². The highest BCUT2D eigenvalue weighted by Crippen LogP contribution is 2.69. The Morgan fingerprint density at radius 1 is 0.917 bits per heavy atom. The van der Waals surface area contributed by atoms with Crippen molar-refractivity contribution in [3.8, 4) is 0 Å². The van der Waals surface area contributed by atoms with Gasteiger partial charge in [-0.3, -0.25) is 4.79 Å². The minimum atomic E-state index is -0.0404. The largest absolute Gasteiger partial charge is 0.393 e. The summed E-state index contributed by atoms with van der Waals surface area (Å²) in [5.74, 6) is 4.77. The minimum absolute atomic E-state index is 0.0404. The predicted octanol–water partition coefficient (Wildman–Crippen LogP) is 4.74. The van der Waals surface area contributed by atoms with Gasteiger partial charge < -0.3 is 5.11 Å². The Morgan fingerprint density at radius 3 is 2.62 bits per heavy atom. The summed E-state index contributed by atoms with van der Waals surface area (Å²) in [5, 5.41) is 10.2. The summed E-state index contributed by atoms with van der Waals surface area (Å²) in [6.07, 6.45) is 14.5. The zero-order valence-electron chi connectivity index (χ0n) is 15.3. The third kappa shape index (κ3) is 2.01. The van der Waals surface area contributed by atoms with Crippen LogP contribution in [0.15, 0.2) is 0 Å². The molecule has 0 bridgehead atoms. The fourth-order valence-corrected chi connectivity index (χ4v) is 8.74. The zero-order chi connectivity index (χ0) is 16.5. The molecule has 0 saturated heterocycles. The quantitative estimate of drug-likeness (QED) is 0.696. The van der Waals surface area contributed by atoms with Gasteiger partial charge in [-0.25, -0.2) is 0 Å². The van der Waals surface area contributed by atoms with Gasteiger partial charge in [0.2, 0.25) is 0 Å². The van der Waals surface area contributed by atoms with E-state index < -0.39 is 0 Å². The SMILES string of the molecule is CC12CC[C@@H](O)CC1CCC1C2CCC23CC(=O)CCC2CCC13. The maximum atomic E-state index is 12.3. The molecular weight excluding hydrogens is 296 g/mol. The van der Waals surface area contributed by atoms with Gasteiger partial charge in [0, 0.05) is 12.8 Å². The minimum Gasteiger partial charge on any atom is -0.393 e. The highest BCUT2D eigenvalue weighted by molar-refractivity contribution is 5.80. The maximum absolute atomic E-state index is 12.3. The molecule has 7 unspecified atom stereocenters. The molecule has 0 aromatic rings. The smallest absolute Gasteiger partial charge is 0.133 e. The molecule has 8 atom stereocenters. The number of aliphatic hydroxyl groups excluding tert-OH is 1. The molecule has 5 aliphatic carbocycles. The van der Waals surface area contributed by atoms with E-state index in [4.69, 9.17) is 0 Å². The molecule has 0 amide bonds. The topological polar surface area (TPSA) is 37.3 Å². The molecule has 0 aliphatic heterocycles. The monoisotopic (exact) mass is 330 g/mol. The van der Waals surface area contributed by atoms with Gasteiger partial charge in [0.15, 0.2) is 0 Å². The summed E-state index contributed by atoms with van der Waals surface area (Å²) in [6.45, 7) is 2.57. The van der Waals surface area contributed by atoms with Gasteiger partial charge in [0.25, 0.3) is 0 Å². The van der Waals surface area contributed by atoms with Gasteiger partial charge in [-0.1, -0.05) is 6.92 Å². The van der Waals surface area contributed by atoms with Crippen LogP contribution in [0.2, 0.25) is 0 Å². The molecule has 5 rings (SSSR count). The van der Waals surface area contributed by atoms with Crippen LogP contribution in [0.3, 0.4) is 0 Å². The van der Waals surface area contributed by atoms with Gasteiger partial charge >= 0.3 is 0 Å². The Bertz CT molecular complexity index is 542. The molecule has 0 aromatic heterocycles. The van der Waals surface area contributed by atoms with Crippen molar-refractivity contribution < 1.29 is 9.90 Å². The van der Waals surface area contributed by atoms with Crippen LogP contribution in [-0.4, -0.2) is 17.0 Å². The van der Waals surface area contributed by atoms with E-state index >= 15 is 0 Å². The second kappa shape index (κ2) is 5.32. The summed E-state index contributed by atoms with van der Waals surface area (Å²) in [7, 11) is 0. The number of carbonyl (C=O) groups excluding carboxylic acids is 1. The Balaban J connectivity index is 1.45. The van der Waals surface area contributed by atoms with E-state index in [9.17, 15) is 9.90 Å². The first kappa shape index (κ1) is 15.9. The van der Waals surface area contributed by atoms with E-state index in [2.05, 4.69) is 6.92 Å². The second-order valence-corrected chi connectivity index (χ2v) is 10.4. The Kier molecular flexibility index (Phi) is 3.51. The molecule has 24 heavy (non-hydrogen) atoms. The molecular formula is C22H34O2. The summed E-state index contributed by atoms with van der Waals surface area (Å²) in [5.41, 5.74) is 0.883. The first-order valence-electron chi connectivity index (χ1n) is 10.7. The number of rotatable bonds is 0. The van der Waals surface area contributed by atoms with Crippen LogP contribution in [0.5, 0.6) is 0 Å². The van der Waals surface area contributed by atoms with E-state index in [1.165, 1.54) is 51.4 Å². The number of aliphatic hydroxyl groups is 1. The fraction of sp³-hybridized carbons (Fsp3) is 0.955. The van der Waals surface area contributed by atoms with E-state index in [1.54, 1.807) is 0 Å². The molecule has 0 aromatic carbocycles. The van der Waals surface area contributed by atoms with Gasteiger partial charge in [-0.15, -0.1) is 0 Å². The van der Waals surface area contributed by atoms with Gasteiger partial charge in [0.05, 0.1) is 6.10 Å². The fourth-order valence-electron chi connectivity index (χ4n) is 8.74. The lowest BCUT2D eigenvalue weighted by Crippen LogP contribution is -2.55. The summed E-state index contributed by atoms with van der Waals surface area (Å²) >= 11 is 0.